The number of anilines is 2. The summed E-state index contributed by atoms with van der Waals surface area (Å²) in [6.07, 6.45) is 0. The van der Waals surface area contributed by atoms with E-state index in [1.54, 1.807) is 12.1 Å². The lowest BCUT2D eigenvalue weighted by molar-refractivity contribution is 0.0757. The molecule has 26 heavy (non-hydrogen) atoms. The van der Waals surface area contributed by atoms with Crippen molar-refractivity contribution in [2.45, 2.75) is 25.9 Å². The summed E-state index contributed by atoms with van der Waals surface area (Å²) in [6, 6.07) is 9.11. The van der Waals surface area contributed by atoms with Crippen LogP contribution < -0.4 is 10.2 Å². The molecule has 1 N–H and O–H groups in total. The normalized spacial score (nSPS) is 20.1. The van der Waals surface area contributed by atoms with E-state index in [-0.39, 0.29) is 12.1 Å². The SMILES string of the molecule is CC1COCC(C)N1c1ccc(NC(=O)c2ccc(F)c(F)c2F)cc1. The van der Waals surface area contributed by atoms with E-state index in [0.29, 0.717) is 18.9 Å². The summed E-state index contributed by atoms with van der Waals surface area (Å²) in [5.41, 5.74) is 0.852. The van der Waals surface area contributed by atoms with Gasteiger partial charge in [0.25, 0.3) is 5.91 Å². The molecule has 0 aromatic heterocycles. The maximum Gasteiger partial charge on any atom is 0.258 e. The molecule has 1 heterocycles. The van der Waals surface area contributed by atoms with E-state index >= 15 is 0 Å². The highest BCUT2D eigenvalue weighted by atomic mass is 19.2. The molecule has 0 saturated carbocycles. The van der Waals surface area contributed by atoms with Gasteiger partial charge in [0.15, 0.2) is 17.5 Å². The minimum Gasteiger partial charge on any atom is -0.377 e. The van der Waals surface area contributed by atoms with E-state index in [1.165, 1.54) is 0 Å². The first kappa shape index (κ1) is 18.3. The van der Waals surface area contributed by atoms with Crippen molar-refractivity contribution in [1.82, 2.24) is 0 Å². The number of carbonyl (C=O) groups is 1. The highest BCUT2D eigenvalue weighted by molar-refractivity contribution is 6.04. The fraction of sp³-hybridized carbons (Fsp3) is 0.316. The minimum atomic E-state index is -1.66. The Hall–Kier alpha value is -2.54. The van der Waals surface area contributed by atoms with Gasteiger partial charge in [-0.2, -0.15) is 0 Å². The smallest absolute Gasteiger partial charge is 0.258 e. The van der Waals surface area contributed by atoms with E-state index in [0.717, 1.165) is 17.8 Å². The summed E-state index contributed by atoms with van der Waals surface area (Å²) in [5, 5.41) is 2.49. The Morgan fingerprint density at radius 2 is 1.62 bits per heavy atom. The Morgan fingerprint density at radius 3 is 2.23 bits per heavy atom. The largest absolute Gasteiger partial charge is 0.377 e. The lowest BCUT2D eigenvalue weighted by atomic mass is 10.1. The van der Waals surface area contributed by atoms with Crippen molar-refractivity contribution in [2.75, 3.05) is 23.4 Å². The molecule has 2 atom stereocenters. The second-order valence-corrected chi connectivity index (χ2v) is 6.37. The van der Waals surface area contributed by atoms with Gasteiger partial charge < -0.3 is 15.0 Å². The average molecular weight is 364 g/mol. The predicted octanol–water partition coefficient (Wildman–Crippen LogP) is 3.97. The Morgan fingerprint density at radius 1 is 1.00 bits per heavy atom. The first-order valence-corrected chi connectivity index (χ1v) is 8.29. The van der Waals surface area contributed by atoms with Crippen LogP contribution in [0.5, 0.6) is 0 Å². The average Bonchev–Trinajstić information content (AvgIpc) is 2.61. The molecule has 138 valence electrons. The molecule has 2 aromatic rings. The summed E-state index contributed by atoms with van der Waals surface area (Å²) >= 11 is 0. The van der Waals surface area contributed by atoms with Crippen LogP contribution in [0.2, 0.25) is 0 Å². The zero-order valence-electron chi connectivity index (χ0n) is 14.4. The van der Waals surface area contributed by atoms with Crippen LogP contribution in [0.4, 0.5) is 24.5 Å². The second kappa shape index (κ2) is 7.37. The van der Waals surface area contributed by atoms with Gasteiger partial charge in [-0.05, 0) is 50.2 Å². The molecule has 1 aliphatic rings. The van der Waals surface area contributed by atoms with Crippen molar-refractivity contribution >= 4 is 17.3 Å². The molecule has 1 aliphatic heterocycles. The van der Waals surface area contributed by atoms with Crippen molar-refractivity contribution in [2.24, 2.45) is 0 Å². The first-order chi connectivity index (χ1) is 12.4. The molecule has 7 heteroatoms. The van der Waals surface area contributed by atoms with E-state index in [9.17, 15) is 18.0 Å². The third kappa shape index (κ3) is 3.53. The molecular weight excluding hydrogens is 345 g/mol. The molecular formula is C19H19F3N2O2. The minimum absolute atomic E-state index is 0.218. The van der Waals surface area contributed by atoms with Gasteiger partial charge in [-0.25, -0.2) is 13.2 Å². The number of benzene rings is 2. The number of hydrogen-bond donors (Lipinski definition) is 1. The lowest BCUT2D eigenvalue weighted by Gasteiger charge is -2.40. The standard InChI is InChI=1S/C19H19F3N2O2/c1-11-9-26-10-12(2)24(11)14-5-3-13(4-6-14)23-19(25)15-7-8-16(20)18(22)17(15)21/h3-8,11-12H,9-10H2,1-2H3,(H,23,25). The first-order valence-electron chi connectivity index (χ1n) is 8.29. The highest BCUT2D eigenvalue weighted by Gasteiger charge is 2.25. The van der Waals surface area contributed by atoms with Crippen LogP contribution in [0.25, 0.3) is 0 Å². The molecule has 1 amide bonds. The number of morpholine rings is 1. The van der Waals surface area contributed by atoms with E-state index < -0.39 is 28.9 Å². The Bertz CT molecular complexity index is 801. The van der Waals surface area contributed by atoms with Crippen LogP contribution in [0.1, 0.15) is 24.2 Å². The fourth-order valence-corrected chi connectivity index (χ4v) is 3.13. The number of halogens is 3. The van der Waals surface area contributed by atoms with Crippen LogP contribution in [0, 0.1) is 17.5 Å². The van der Waals surface area contributed by atoms with Crippen LogP contribution in [0.15, 0.2) is 36.4 Å². The predicted molar refractivity (Wildman–Crippen MR) is 92.9 cm³/mol. The van der Waals surface area contributed by atoms with Crippen molar-refractivity contribution in [3.8, 4) is 0 Å². The summed E-state index contributed by atoms with van der Waals surface area (Å²) in [5.74, 6) is -5.35. The number of hydrogen-bond acceptors (Lipinski definition) is 3. The third-order valence-corrected chi connectivity index (χ3v) is 4.37. The third-order valence-electron chi connectivity index (χ3n) is 4.37. The van der Waals surface area contributed by atoms with E-state index in [2.05, 4.69) is 24.1 Å². The maximum absolute atomic E-state index is 13.7. The lowest BCUT2D eigenvalue weighted by Crippen LogP contribution is -2.49. The number of carbonyl (C=O) groups excluding carboxylic acids is 1. The van der Waals surface area contributed by atoms with Gasteiger partial charge in [-0.3, -0.25) is 4.79 Å². The van der Waals surface area contributed by atoms with E-state index in [4.69, 9.17) is 4.74 Å². The van der Waals surface area contributed by atoms with Crippen LogP contribution in [-0.2, 0) is 4.74 Å². The van der Waals surface area contributed by atoms with Gasteiger partial charge in [0, 0.05) is 23.5 Å². The van der Waals surface area contributed by atoms with Gasteiger partial charge in [-0.15, -0.1) is 0 Å². The molecule has 3 rings (SSSR count). The number of ether oxygens (including phenoxy) is 1. The van der Waals surface area contributed by atoms with Crippen molar-refractivity contribution < 1.29 is 22.7 Å². The monoisotopic (exact) mass is 364 g/mol. The molecule has 4 nitrogen and oxygen atoms in total. The van der Waals surface area contributed by atoms with Gasteiger partial charge in [-0.1, -0.05) is 0 Å². The molecule has 1 saturated heterocycles. The van der Waals surface area contributed by atoms with Crippen LogP contribution >= 0.6 is 0 Å². The summed E-state index contributed by atoms with van der Waals surface area (Å²) < 4.78 is 45.5. The zero-order valence-corrected chi connectivity index (χ0v) is 14.4. The van der Waals surface area contributed by atoms with Gasteiger partial charge in [0.05, 0.1) is 18.8 Å². The number of rotatable bonds is 3. The van der Waals surface area contributed by atoms with Crippen molar-refractivity contribution in [3.63, 3.8) is 0 Å². The number of nitrogens with zero attached hydrogens (tertiary/aromatic N) is 1. The highest BCUT2D eigenvalue weighted by Crippen LogP contribution is 2.25. The molecule has 2 unspecified atom stereocenters. The van der Waals surface area contributed by atoms with Crippen molar-refractivity contribution in [3.05, 3.63) is 59.4 Å². The Balaban J connectivity index is 1.75. The molecule has 0 spiro atoms. The van der Waals surface area contributed by atoms with Gasteiger partial charge in [0.2, 0.25) is 0 Å². The van der Waals surface area contributed by atoms with E-state index in [1.807, 2.05) is 12.1 Å². The summed E-state index contributed by atoms with van der Waals surface area (Å²) in [4.78, 5) is 14.3. The Kier molecular flexibility index (Phi) is 5.18. The zero-order chi connectivity index (χ0) is 18.8. The topological polar surface area (TPSA) is 41.6 Å². The quantitative estimate of drug-likeness (QED) is 0.838. The van der Waals surface area contributed by atoms with Gasteiger partial charge in [0.1, 0.15) is 0 Å². The number of nitrogens with one attached hydrogen (secondary N) is 1. The molecule has 2 aromatic carbocycles. The fourth-order valence-electron chi connectivity index (χ4n) is 3.13. The molecule has 0 bridgehead atoms. The summed E-state index contributed by atoms with van der Waals surface area (Å²) in [6.45, 7) is 5.41. The maximum atomic E-state index is 13.7. The Labute approximate surface area is 149 Å². The molecule has 0 aliphatic carbocycles. The van der Waals surface area contributed by atoms with Crippen molar-refractivity contribution in [1.29, 1.82) is 0 Å². The molecule has 1 fully saturated rings. The second-order valence-electron chi connectivity index (χ2n) is 6.37. The molecule has 0 radical (unpaired) electrons. The summed E-state index contributed by atoms with van der Waals surface area (Å²) in [7, 11) is 0. The van der Waals surface area contributed by atoms with Crippen LogP contribution in [0.3, 0.4) is 0 Å². The van der Waals surface area contributed by atoms with Gasteiger partial charge >= 0.3 is 0 Å². The van der Waals surface area contributed by atoms with Crippen LogP contribution in [-0.4, -0.2) is 31.2 Å². The number of amides is 1.